The van der Waals surface area contributed by atoms with Crippen LogP contribution in [0, 0.1) is 6.92 Å². The third-order valence-electron chi connectivity index (χ3n) is 3.97. The number of rotatable bonds is 6. The Morgan fingerprint density at radius 3 is 2.57 bits per heavy atom. The Bertz CT molecular complexity index is 590. The SMILES string of the molecule is CCC(CC)n1ccc(CC(O)c2ccc(Cl)cc2C)n1. The lowest BCUT2D eigenvalue weighted by atomic mass is 10.0. The third-order valence-corrected chi connectivity index (χ3v) is 4.21. The van der Waals surface area contributed by atoms with Crippen molar-refractivity contribution in [2.45, 2.75) is 52.2 Å². The van der Waals surface area contributed by atoms with Crippen LogP contribution in [0.4, 0.5) is 0 Å². The first-order valence-electron chi connectivity index (χ1n) is 7.53. The third kappa shape index (κ3) is 3.86. The highest BCUT2D eigenvalue weighted by molar-refractivity contribution is 6.30. The molecular weight excluding hydrogens is 284 g/mol. The Morgan fingerprint density at radius 1 is 1.24 bits per heavy atom. The van der Waals surface area contributed by atoms with Gasteiger partial charge in [0.2, 0.25) is 0 Å². The van der Waals surface area contributed by atoms with Crippen molar-refractivity contribution in [3.05, 3.63) is 52.3 Å². The average molecular weight is 307 g/mol. The van der Waals surface area contributed by atoms with E-state index < -0.39 is 6.10 Å². The molecule has 1 N–H and O–H groups in total. The van der Waals surface area contributed by atoms with E-state index in [4.69, 9.17) is 11.6 Å². The molecule has 0 aliphatic heterocycles. The summed E-state index contributed by atoms with van der Waals surface area (Å²) in [6.45, 7) is 6.30. The number of hydrogen-bond acceptors (Lipinski definition) is 2. The van der Waals surface area contributed by atoms with Gasteiger partial charge in [0.15, 0.2) is 0 Å². The van der Waals surface area contributed by atoms with Crippen molar-refractivity contribution >= 4 is 11.6 Å². The van der Waals surface area contributed by atoms with Crippen molar-refractivity contribution in [3.8, 4) is 0 Å². The molecule has 0 saturated carbocycles. The normalized spacial score (nSPS) is 12.9. The number of aliphatic hydroxyl groups is 1. The maximum Gasteiger partial charge on any atom is 0.0848 e. The number of halogens is 1. The summed E-state index contributed by atoms with van der Waals surface area (Å²) in [7, 11) is 0. The Labute approximate surface area is 131 Å². The van der Waals surface area contributed by atoms with Crippen LogP contribution in [-0.2, 0) is 6.42 Å². The molecule has 2 aromatic rings. The minimum atomic E-state index is -0.549. The van der Waals surface area contributed by atoms with Crippen LogP contribution in [0.25, 0.3) is 0 Å². The molecule has 0 amide bonds. The summed E-state index contributed by atoms with van der Waals surface area (Å²) in [6, 6.07) is 8.01. The lowest BCUT2D eigenvalue weighted by Crippen LogP contribution is -2.09. The minimum Gasteiger partial charge on any atom is -0.388 e. The van der Waals surface area contributed by atoms with Crippen LogP contribution in [0.2, 0.25) is 5.02 Å². The fourth-order valence-corrected chi connectivity index (χ4v) is 2.90. The molecule has 1 aromatic carbocycles. The maximum atomic E-state index is 10.4. The first kappa shape index (κ1) is 16.1. The van der Waals surface area contributed by atoms with Crippen molar-refractivity contribution in [1.82, 2.24) is 9.78 Å². The zero-order chi connectivity index (χ0) is 15.4. The summed E-state index contributed by atoms with van der Waals surface area (Å²) >= 11 is 5.95. The second kappa shape index (κ2) is 7.10. The second-order valence-corrected chi connectivity index (χ2v) is 5.91. The Kier molecular flexibility index (Phi) is 5.43. The van der Waals surface area contributed by atoms with Gasteiger partial charge in [-0.3, -0.25) is 4.68 Å². The van der Waals surface area contributed by atoms with Gasteiger partial charge in [0, 0.05) is 17.6 Å². The summed E-state index contributed by atoms with van der Waals surface area (Å²) in [5.74, 6) is 0. The van der Waals surface area contributed by atoms with E-state index in [-0.39, 0.29) is 0 Å². The molecule has 0 spiro atoms. The van der Waals surface area contributed by atoms with Crippen molar-refractivity contribution in [1.29, 1.82) is 0 Å². The van der Waals surface area contributed by atoms with Gasteiger partial charge >= 0.3 is 0 Å². The van der Waals surface area contributed by atoms with Crippen LogP contribution in [0.15, 0.2) is 30.5 Å². The van der Waals surface area contributed by atoms with Crippen molar-refractivity contribution in [2.24, 2.45) is 0 Å². The topological polar surface area (TPSA) is 38.0 Å². The van der Waals surface area contributed by atoms with E-state index in [1.165, 1.54) is 0 Å². The molecule has 4 heteroatoms. The molecule has 1 unspecified atom stereocenters. The standard InChI is InChI=1S/C17H23ClN2O/c1-4-15(5-2)20-9-8-14(19-20)11-17(21)16-7-6-13(18)10-12(16)3/h6-10,15,17,21H,4-5,11H2,1-3H3. The highest BCUT2D eigenvalue weighted by Gasteiger charge is 2.14. The highest BCUT2D eigenvalue weighted by Crippen LogP contribution is 2.24. The number of benzene rings is 1. The molecule has 114 valence electrons. The largest absolute Gasteiger partial charge is 0.388 e. The quantitative estimate of drug-likeness (QED) is 0.854. The molecule has 1 aromatic heterocycles. The Balaban J connectivity index is 2.11. The van der Waals surface area contributed by atoms with E-state index >= 15 is 0 Å². The lowest BCUT2D eigenvalue weighted by Gasteiger charge is -2.14. The predicted molar refractivity (Wildman–Crippen MR) is 86.7 cm³/mol. The van der Waals surface area contributed by atoms with E-state index in [1.54, 1.807) is 0 Å². The molecule has 0 saturated heterocycles. The van der Waals surface area contributed by atoms with Gasteiger partial charge in [-0.05, 0) is 49.1 Å². The van der Waals surface area contributed by atoms with Gasteiger partial charge in [-0.1, -0.05) is 31.5 Å². The molecule has 21 heavy (non-hydrogen) atoms. The minimum absolute atomic E-state index is 0.438. The van der Waals surface area contributed by atoms with Gasteiger partial charge < -0.3 is 5.11 Å². The van der Waals surface area contributed by atoms with Crippen molar-refractivity contribution in [2.75, 3.05) is 0 Å². The van der Waals surface area contributed by atoms with Crippen LogP contribution in [-0.4, -0.2) is 14.9 Å². The predicted octanol–water partition coefficient (Wildman–Crippen LogP) is 4.48. The van der Waals surface area contributed by atoms with Gasteiger partial charge in [-0.25, -0.2) is 0 Å². The molecule has 0 aliphatic rings. The molecule has 2 rings (SSSR count). The van der Waals surface area contributed by atoms with Gasteiger partial charge in [0.25, 0.3) is 0 Å². The Hall–Kier alpha value is -1.32. The lowest BCUT2D eigenvalue weighted by molar-refractivity contribution is 0.176. The van der Waals surface area contributed by atoms with Crippen LogP contribution < -0.4 is 0 Å². The van der Waals surface area contributed by atoms with E-state index in [9.17, 15) is 5.11 Å². The number of aryl methyl sites for hydroxylation is 1. The van der Waals surface area contributed by atoms with E-state index in [2.05, 4.69) is 18.9 Å². The summed E-state index contributed by atoms with van der Waals surface area (Å²) in [4.78, 5) is 0. The smallest absolute Gasteiger partial charge is 0.0848 e. The molecule has 0 aliphatic carbocycles. The monoisotopic (exact) mass is 306 g/mol. The van der Waals surface area contributed by atoms with Gasteiger partial charge in [0.1, 0.15) is 0 Å². The first-order valence-corrected chi connectivity index (χ1v) is 7.91. The molecule has 0 bridgehead atoms. The van der Waals surface area contributed by atoms with Crippen molar-refractivity contribution < 1.29 is 5.11 Å². The summed E-state index contributed by atoms with van der Waals surface area (Å²) in [5, 5.41) is 15.7. The molecule has 0 radical (unpaired) electrons. The second-order valence-electron chi connectivity index (χ2n) is 5.48. The summed E-state index contributed by atoms with van der Waals surface area (Å²) < 4.78 is 2.01. The van der Waals surface area contributed by atoms with Gasteiger partial charge in [0.05, 0.1) is 17.8 Å². The van der Waals surface area contributed by atoms with Crippen molar-refractivity contribution in [3.63, 3.8) is 0 Å². The number of aromatic nitrogens is 2. The summed E-state index contributed by atoms with van der Waals surface area (Å²) in [5.41, 5.74) is 2.84. The van der Waals surface area contributed by atoms with Crippen LogP contribution in [0.5, 0.6) is 0 Å². The van der Waals surface area contributed by atoms with Gasteiger partial charge in [-0.2, -0.15) is 5.10 Å². The van der Waals surface area contributed by atoms with E-state index in [1.807, 2.05) is 42.1 Å². The van der Waals surface area contributed by atoms with E-state index in [0.29, 0.717) is 17.5 Å². The van der Waals surface area contributed by atoms with E-state index in [0.717, 1.165) is 29.7 Å². The molecule has 1 atom stereocenters. The highest BCUT2D eigenvalue weighted by atomic mass is 35.5. The zero-order valence-corrected chi connectivity index (χ0v) is 13.6. The average Bonchev–Trinajstić information content (AvgIpc) is 2.88. The zero-order valence-electron chi connectivity index (χ0n) is 12.9. The number of aliphatic hydroxyl groups excluding tert-OH is 1. The van der Waals surface area contributed by atoms with Crippen LogP contribution in [0.1, 0.15) is 55.7 Å². The summed E-state index contributed by atoms with van der Waals surface area (Å²) in [6.07, 6.45) is 4.11. The molecule has 0 fully saturated rings. The number of nitrogens with zero attached hydrogens (tertiary/aromatic N) is 2. The molecule has 1 heterocycles. The molecular formula is C17H23ClN2O. The Morgan fingerprint density at radius 2 is 1.95 bits per heavy atom. The first-order chi connectivity index (χ1) is 10.0. The fraction of sp³-hybridized carbons (Fsp3) is 0.471. The van der Waals surface area contributed by atoms with Gasteiger partial charge in [-0.15, -0.1) is 0 Å². The molecule has 3 nitrogen and oxygen atoms in total. The van der Waals surface area contributed by atoms with Crippen LogP contribution >= 0.6 is 11.6 Å². The van der Waals surface area contributed by atoms with Crippen LogP contribution in [0.3, 0.4) is 0 Å². The fourth-order valence-electron chi connectivity index (χ4n) is 2.67. The number of hydrogen-bond donors (Lipinski definition) is 1. The maximum absolute atomic E-state index is 10.4.